The quantitative estimate of drug-likeness (QED) is 0.0211. The van der Waals surface area contributed by atoms with Crippen LogP contribution in [-0.4, -0.2) is 74.9 Å². The Labute approximate surface area is 486 Å². The fraction of sp³-hybridized carbons (Fsp3) is 0.941. The summed E-state index contributed by atoms with van der Waals surface area (Å²) in [5, 5.41) is 0. The standard InChI is InChI=1S/C68H134NO8P/c1-6-8-10-12-14-16-18-20-22-24-26-27-28-29-30-31-32-33-34-35-36-37-38-39-40-41-42-43-45-46-48-50-52-54-56-58-60-67(70)74-64-66(65-76-78(72,73)75-63-62-69(3,4)5)77-68(71)61-59-57-55-53-51-49-47-44-25-23-21-19-17-15-13-11-9-7-2/h23,25,66H,6-22,24,26-65H2,1-5H3/p+1/b25-23-. The third-order valence-electron chi connectivity index (χ3n) is 15.8. The van der Waals surface area contributed by atoms with Crippen molar-refractivity contribution in [3.63, 3.8) is 0 Å². The van der Waals surface area contributed by atoms with E-state index >= 15 is 0 Å². The number of unbranched alkanes of at least 4 members (excludes halogenated alkanes) is 49. The van der Waals surface area contributed by atoms with Crippen LogP contribution in [0.2, 0.25) is 0 Å². The van der Waals surface area contributed by atoms with Crippen LogP contribution >= 0.6 is 7.82 Å². The molecule has 2 atom stereocenters. The van der Waals surface area contributed by atoms with Crippen LogP contribution in [0.4, 0.5) is 0 Å². The smallest absolute Gasteiger partial charge is 0.462 e. The predicted molar refractivity (Wildman–Crippen MR) is 335 cm³/mol. The number of phosphoric ester groups is 1. The first-order valence-corrected chi connectivity index (χ1v) is 35.9. The molecule has 0 fully saturated rings. The Kier molecular flexibility index (Phi) is 59.4. The summed E-state index contributed by atoms with van der Waals surface area (Å²) in [6, 6.07) is 0. The number of esters is 2. The summed E-state index contributed by atoms with van der Waals surface area (Å²) in [6.45, 7) is 4.50. The molecule has 0 saturated carbocycles. The largest absolute Gasteiger partial charge is 0.472 e. The lowest BCUT2D eigenvalue weighted by Gasteiger charge is -2.24. The summed E-state index contributed by atoms with van der Waals surface area (Å²) in [6.07, 6.45) is 73.3. The van der Waals surface area contributed by atoms with Crippen molar-refractivity contribution in [2.75, 3.05) is 47.5 Å². The molecule has 0 aromatic rings. The second kappa shape index (κ2) is 60.3. The van der Waals surface area contributed by atoms with Crippen molar-refractivity contribution in [2.45, 2.75) is 367 Å². The second-order valence-corrected chi connectivity index (χ2v) is 26.4. The zero-order valence-electron chi connectivity index (χ0n) is 52.9. The van der Waals surface area contributed by atoms with Crippen molar-refractivity contribution in [1.82, 2.24) is 0 Å². The Hall–Kier alpha value is -1.25. The van der Waals surface area contributed by atoms with Gasteiger partial charge in [-0.15, -0.1) is 0 Å². The van der Waals surface area contributed by atoms with Gasteiger partial charge in [0.1, 0.15) is 19.8 Å². The number of allylic oxidation sites excluding steroid dienone is 2. The first kappa shape index (κ1) is 76.8. The van der Waals surface area contributed by atoms with E-state index in [1.54, 1.807) is 0 Å². The lowest BCUT2D eigenvalue weighted by Crippen LogP contribution is -2.37. The molecule has 0 aliphatic heterocycles. The number of phosphoric acid groups is 1. The van der Waals surface area contributed by atoms with Gasteiger partial charge in [-0.1, -0.05) is 321 Å². The van der Waals surface area contributed by atoms with Gasteiger partial charge in [0, 0.05) is 12.8 Å². The van der Waals surface area contributed by atoms with E-state index in [-0.39, 0.29) is 25.6 Å². The molecule has 0 radical (unpaired) electrons. The molecule has 0 aromatic heterocycles. The van der Waals surface area contributed by atoms with E-state index in [0.717, 1.165) is 44.9 Å². The average molecular weight is 1130 g/mol. The Morgan fingerprint density at radius 3 is 0.949 bits per heavy atom. The fourth-order valence-electron chi connectivity index (χ4n) is 10.5. The van der Waals surface area contributed by atoms with Crippen molar-refractivity contribution in [3.05, 3.63) is 12.2 Å². The maximum absolute atomic E-state index is 12.8. The fourth-order valence-corrected chi connectivity index (χ4v) is 11.2. The number of hydrogen-bond donors (Lipinski definition) is 1. The summed E-state index contributed by atoms with van der Waals surface area (Å²) < 4.78 is 34.7. The number of carbonyl (C=O) groups excluding carboxylic acids is 2. The first-order chi connectivity index (χ1) is 38.0. The van der Waals surface area contributed by atoms with Crippen LogP contribution in [0.3, 0.4) is 0 Å². The molecule has 10 heteroatoms. The molecule has 0 amide bonds. The minimum Gasteiger partial charge on any atom is -0.462 e. The predicted octanol–water partition coefficient (Wildman–Crippen LogP) is 21.9. The lowest BCUT2D eigenvalue weighted by atomic mass is 10.0. The van der Waals surface area contributed by atoms with Gasteiger partial charge in [0.25, 0.3) is 0 Å². The van der Waals surface area contributed by atoms with E-state index in [2.05, 4.69) is 26.0 Å². The molecular weight excluding hydrogens is 990 g/mol. The van der Waals surface area contributed by atoms with E-state index in [9.17, 15) is 19.0 Å². The van der Waals surface area contributed by atoms with Crippen molar-refractivity contribution in [2.24, 2.45) is 0 Å². The molecule has 0 bridgehead atoms. The van der Waals surface area contributed by atoms with Crippen LogP contribution < -0.4 is 0 Å². The maximum Gasteiger partial charge on any atom is 0.472 e. The normalized spacial score (nSPS) is 13.2. The zero-order valence-corrected chi connectivity index (χ0v) is 53.8. The molecule has 78 heavy (non-hydrogen) atoms. The molecule has 0 spiro atoms. The highest BCUT2D eigenvalue weighted by Gasteiger charge is 2.27. The molecule has 9 nitrogen and oxygen atoms in total. The molecule has 0 aromatic carbocycles. The summed E-state index contributed by atoms with van der Waals surface area (Å²) >= 11 is 0. The summed E-state index contributed by atoms with van der Waals surface area (Å²) in [5.74, 6) is -0.781. The Morgan fingerprint density at radius 2 is 0.654 bits per heavy atom. The van der Waals surface area contributed by atoms with Gasteiger partial charge < -0.3 is 18.9 Å². The van der Waals surface area contributed by atoms with Gasteiger partial charge in [0.2, 0.25) is 0 Å². The Balaban J connectivity index is 3.90. The van der Waals surface area contributed by atoms with Gasteiger partial charge in [-0.3, -0.25) is 18.6 Å². The first-order valence-electron chi connectivity index (χ1n) is 34.4. The maximum atomic E-state index is 12.8. The van der Waals surface area contributed by atoms with Gasteiger partial charge in [0.15, 0.2) is 6.10 Å². The van der Waals surface area contributed by atoms with Crippen molar-refractivity contribution >= 4 is 19.8 Å². The van der Waals surface area contributed by atoms with E-state index in [1.807, 2.05) is 21.1 Å². The van der Waals surface area contributed by atoms with Gasteiger partial charge in [-0.05, 0) is 38.5 Å². The Bertz CT molecular complexity index is 1320. The monoisotopic (exact) mass is 1120 g/mol. The number of hydrogen-bond acceptors (Lipinski definition) is 7. The highest BCUT2D eigenvalue weighted by Crippen LogP contribution is 2.43. The van der Waals surface area contributed by atoms with Gasteiger partial charge in [-0.2, -0.15) is 0 Å². The van der Waals surface area contributed by atoms with Crippen molar-refractivity contribution < 1.29 is 42.1 Å². The minimum absolute atomic E-state index is 0.0346. The molecule has 0 saturated heterocycles. The molecule has 2 unspecified atom stereocenters. The number of nitrogens with zero attached hydrogens (tertiary/aromatic N) is 1. The summed E-state index contributed by atoms with van der Waals surface area (Å²) in [5.41, 5.74) is 0. The highest BCUT2D eigenvalue weighted by atomic mass is 31.2. The lowest BCUT2D eigenvalue weighted by molar-refractivity contribution is -0.870. The third-order valence-corrected chi connectivity index (χ3v) is 16.8. The minimum atomic E-state index is -4.38. The zero-order chi connectivity index (χ0) is 57.0. The van der Waals surface area contributed by atoms with Gasteiger partial charge in [-0.25, -0.2) is 4.57 Å². The van der Waals surface area contributed by atoms with Crippen LogP contribution in [0.1, 0.15) is 361 Å². The average Bonchev–Trinajstić information content (AvgIpc) is 3.40. The second-order valence-electron chi connectivity index (χ2n) is 24.9. The van der Waals surface area contributed by atoms with Crippen molar-refractivity contribution in [3.8, 4) is 0 Å². The topological polar surface area (TPSA) is 108 Å². The van der Waals surface area contributed by atoms with E-state index in [4.69, 9.17) is 18.5 Å². The van der Waals surface area contributed by atoms with Crippen LogP contribution in [0.15, 0.2) is 12.2 Å². The van der Waals surface area contributed by atoms with E-state index < -0.39 is 26.5 Å². The molecule has 1 N–H and O–H groups in total. The van der Waals surface area contributed by atoms with E-state index in [0.29, 0.717) is 23.9 Å². The number of likely N-dealkylation sites (N-methyl/N-ethyl adjacent to an activating group) is 1. The number of rotatable bonds is 65. The SMILES string of the molecule is CCCCCCCCC/C=C\CCCCCCCCCC(=O)OC(COC(=O)CCCCCCCCCCCCCCCCCCCCCCCCCCCCCCCCCCCCCC)COP(=O)(O)OCC[N+](C)(C)C. The number of quaternary nitrogens is 1. The third kappa shape index (κ3) is 63.9. The van der Waals surface area contributed by atoms with Gasteiger partial charge in [0.05, 0.1) is 27.7 Å². The van der Waals surface area contributed by atoms with Crippen molar-refractivity contribution in [1.29, 1.82) is 0 Å². The molecule has 0 aliphatic carbocycles. The van der Waals surface area contributed by atoms with E-state index in [1.165, 1.54) is 283 Å². The molecule has 0 aliphatic rings. The molecular formula is C68H135NO8P+. The number of ether oxygens (including phenoxy) is 2. The summed E-state index contributed by atoms with van der Waals surface area (Å²) in [7, 11) is 1.50. The van der Waals surface area contributed by atoms with Crippen LogP contribution in [0.5, 0.6) is 0 Å². The summed E-state index contributed by atoms with van der Waals surface area (Å²) in [4.78, 5) is 35.8. The molecule has 0 rings (SSSR count). The Morgan fingerprint density at radius 1 is 0.385 bits per heavy atom. The van der Waals surface area contributed by atoms with Crippen LogP contribution in [0.25, 0.3) is 0 Å². The molecule has 464 valence electrons. The number of carbonyl (C=O) groups is 2. The van der Waals surface area contributed by atoms with Gasteiger partial charge >= 0.3 is 19.8 Å². The molecule has 0 heterocycles. The highest BCUT2D eigenvalue weighted by molar-refractivity contribution is 7.47. The van der Waals surface area contributed by atoms with Crippen LogP contribution in [0, 0.1) is 0 Å². The van der Waals surface area contributed by atoms with Crippen LogP contribution in [-0.2, 0) is 32.7 Å².